The summed E-state index contributed by atoms with van der Waals surface area (Å²) in [6, 6.07) is 8.83. The van der Waals surface area contributed by atoms with Crippen molar-refractivity contribution in [2.45, 2.75) is 19.4 Å². The van der Waals surface area contributed by atoms with Crippen molar-refractivity contribution in [1.82, 2.24) is 5.16 Å². The summed E-state index contributed by atoms with van der Waals surface area (Å²) in [6.45, 7) is 3.37. The molecule has 1 heterocycles. The average molecular weight is 325 g/mol. The highest BCUT2D eigenvalue weighted by Gasteiger charge is 2.30. The lowest BCUT2D eigenvalue weighted by atomic mass is 10.1. The first-order valence-electron chi connectivity index (χ1n) is 5.64. The molecule has 0 saturated carbocycles. The van der Waals surface area contributed by atoms with Gasteiger partial charge in [0.05, 0.1) is 0 Å². The maximum Gasteiger partial charge on any atom is 0.269 e. The molecule has 19 heavy (non-hydrogen) atoms. The van der Waals surface area contributed by atoms with E-state index in [-0.39, 0.29) is 5.91 Å². The molecular weight excluding hydrogens is 312 g/mol. The predicted molar refractivity (Wildman–Crippen MR) is 74.0 cm³/mol. The molecule has 1 aromatic carbocycles. The Morgan fingerprint density at radius 1 is 1.32 bits per heavy atom. The van der Waals surface area contributed by atoms with Crippen molar-refractivity contribution in [3.63, 3.8) is 0 Å². The molecule has 0 aliphatic carbocycles. The van der Waals surface area contributed by atoms with Gasteiger partial charge >= 0.3 is 0 Å². The summed E-state index contributed by atoms with van der Waals surface area (Å²) in [6.07, 6.45) is 1.39. The van der Waals surface area contributed by atoms with Gasteiger partial charge in [0.2, 0.25) is 0 Å². The van der Waals surface area contributed by atoms with Gasteiger partial charge in [0.25, 0.3) is 5.91 Å². The minimum atomic E-state index is -1.02. The minimum absolute atomic E-state index is 0.302. The zero-order valence-electron chi connectivity index (χ0n) is 10.5. The third-order valence-electron chi connectivity index (χ3n) is 2.41. The Kier molecular flexibility index (Phi) is 3.90. The largest absolute Gasteiger partial charge is 0.478 e. The lowest BCUT2D eigenvalue weighted by Crippen LogP contribution is -2.42. The number of hydrogen-bond acceptors (Lipinski definition) is 4. The van der Waals surface area contributed by atoms with Gasteiger partial charge in [0, 0.05) is 10.5 Å². The van der Waals surface area contributed by atoms with Gasteiger partial charge in [0.15, 0.2) is 11.4 Å². The third-order valence-corrected chi connectivity index (χ3v) is 2.94. The number of nitrogens with one attached hydrogen (secondary N) is 1. The van der Waals surface area contributed by atoms with Gasteiger partial charge in [-0.3, -0.25) is 4.79 Å². The molecule has 0 atom stereocenters. The Morgan fingerprint density at radius 2 is 2.00 bits per heavy atom. The highest BCUT2D eigenvalue weighted by molar-refractivity contribution is 9.10. The number of hydrogen-bond donors (Lipinski definition) is 1. The second-order valence-electron chi connectivity index (χ2n) is 4.41. The second kappa shape index (κ2) is 5.44. The normalized spacial score (nSPS) is 11.1. The number of halogens is 1. The smallest absolute Gasteiger partial charge is 0.269 e. The fourth-order valence-electron chi connectivity index (χ4n) is 1.39. The monoisotopic (exact) mass is 324 g/mol. The summed E-state index contributed by atoms with van der Waals surface area (Å²) in [4.78, 5) is 12.1. The van der Waals surface area contributed by atoms with Crippen LogP contribution in [0.5, 0.6) is 5.75 Å². The molecule has 6 heteroatoms. The number of amides is 1. The zero-order valence-corrected chi connectivity index (χ0v) is 12.1. The van der Waals surface area contributed by atoms with E-state index in [1.54, 1.807) is 32.0 Å². The van der Waals surface area contributed by atoms with Gasteiger partial charge < -0.3 is 14.6 Å². The number of nitrogens with zero attached hydrogens (tertiary/aromatic N) is 1. The highest BCUT2D eigenvalue weighted by atomic mass is 79.9. The van der Waals surface area contributed by atoms with Crippen LogP contribution in [0.2, 0.25) is 0 Å². The van der Waals surface area contributed by atoms with Crippen molar-refractivity contribution >= 4 is 27.7 Å². The number of anilines is 1. The lowest BCUT2D eigenvalue weighted by molar-refractivity contribution is -0.128. The number of ether oxygens (including phenoxy) is 1. The summed E-state index contributed by atoms with van der Waals surface area (Å²) in [5, 5.41) is 6.24. The summed E-state index contributed by atoms with van der Waals surface area (Å²) in [5.41, 5.74) is -1.02. The van der Waals surface area contributed by atoms with Gasteiger partial charge in [-0.25, -0.2) is 0 Å². The van der Waals surface area contributed by atoms with Gasteiger partial charge in [-0.2, -0.15) is 0 Å². The molecule has 0 saturated heterocycles. The summed E-state index contributed by atoms with van der Waals surface area (Å²) >= 11 is 3.34. The molecule has 0 unspecified atom stereocenters. The van der Waals surface area contributed by atoms with Crippen LogP contribution in [0.25, 0.3) is 0 Å². The van der Waals surface area contributed by atoms with Crippen LogP contribution in [0.3, 0.4) is 0 Å². The van der Waals surface area contributed by atoms with Crippen LogP contribution in [0, 0.1) is 0 Å². The quantitative estimate of drug-likeness (QED) is 0.937. The number of carbonyl (C=O) groups excluding carboxylic acids is 1. The molecule has 5 nitrogen and oxygen atoms in total. The molecule has 2 rings (SSSR count). The summed E-state index contributed by atoms with van der Waals surface area (Å²) in [7, 11) is 0. The van der Waals surface area contributed by atoms with E-state index in [2.05, 4.69) is 30.9 Å². The number of aromatic nitrogens is 1. The SMILES string of the molecule is CC(C)(Oc1ccc(Br)cc1)C(=O)Nc1ccon1. The third kappa shape index (κ3) is 3.57. The fourth-order valence-corrected chi connectivity index (χ4v) is 1.65. The van der Waals surface area contributed by atoms with Crippen LogP contribution in [0.1, 0.15) is 13.8 Å². The molecule has 1 aromatic heterocycles. The Hall–Kier alpha value is -1.82. The first kappa shape index (κ1) is 13.6. The molecule has 100 valence electrons. The molecule has 1 N–H and O–H groups in total. The lowest BCUT2D eigenvalue weighted by Gasteiger charge is -2.24. The Labute approximate surface area is 119 Å². The first-order valence-corrected chi connectivity index (χ1v) is 6.43. The fraction of sp³-hybridized carbons (Fsp3) is 0.231. The maximum atomic E-state index is 12.1. The zero-order chi connectivity index (χ0) is 13.9. The van der Waals surface area contributed by atoms with Crippen LogP contribution in [-0.2, 0) is 4.79 Å². The van der Waals surface area contributed by atoms with Crippen molar-refractivity contribution < 1.29 is 14.1 Å². The van der Waals surface area contributed by atoms with E-state index >= 15 is 0 Å². The summed E-state index contributed by atoms with van der Waals surface area (Å²) in [5.74, 6) is 0.672. The number of rotatable bonds is 4. The Bertz CT molecular complexity index is 550. The molecule has 1 amide bonds. The first-order chi connectivity index (χ1) is 8.97. The van der Waals surface area contributed by atoms with E-state index in [1.165, 1.54) is 6.26 Å². The molecule has 0 bridgehead atoms. The van der Waals surface area contributed by atoms with Crippen molar-refractivity contribution in [1.29, 1.82) is 0 Å². The summed E-state index contributed by atoms with van der Waals surface area (Å²) < 4.78 is 11.3. The topological polar surface area (TPSA) is 64.4 Å². The van der Waals surface area contributed by atoms with Crippen LogP contribution in [0.15, 0.2) is 45.6 Å². The van der Waals surface area contributed by atoms with Crippen molar-refractivity contribution in [3.8, 4) is 5.75 Å². The standard InChI is InChI=1S/C13H13BrN2O3/c1-13(2,12(17)15-11-7-8-18-16-11)19-10-5-3-9(14)4-6-10/h3-8H,1-2H3,(H,15,16,17). The Balaban J connectivity index is 2.04. The molecule has 0 fully saturated rings. The van der Waals surface area contributed by atoms with Crippen LogP contribution in [0.4, 0.5) is 5.82 Å². The van der Waals surface area contributed by atoms with Crippen LogP contribution in [-0.4, -0.2) is 16.7 Å². The van der Waals surface area contributed by atoms with Gasteiger partial charge in [-0.05, 0) is 38.1 Å². The van der Waals surface area contributed by atoms with Crippen molar-refractivity contribution in [2.24, 2.45) is 0 Å². The van der Waals surface area contributed by atoms with Gasteiger partial charge in [0.1, 0.15) is 12.0 Å². The van der Waals surface area contributed by atoms with Crippen molar-refractivity contribution in [3.05, 3.63) is 41.1 Å². The molecule has 2 aromatic rings. The van der Waals surface area contributed by atoms with Crippen molar-refractivity contribution in [2.75, 3.05) is 5.32 Å². The van der Waals surface area contributed by atoms with Crippen LogP contribution >= 0.6 is 15.9 Å². The number of carbonyl (C=O) groups is 1. The number of benzene rings is 1. The second-order valence-corrected chi connectivity index (χ2v) is 5.32. The minimum Gasteiger partial charge on any atom is -0.478 e. The van der Waals surface area contributed by atoms with E-state index in [4.69, 9.17) is 4.74 Å². The van der Waals surface area contributed by atoms with Gasteiger partial charge in [-0.1, -0.05) is 21.1 Å². The highest BCUT2D eigenvalue weighted by Crippen LogP contribution is 2.22. The van der Waals surface area contributed by atoms with Gasteiger partial charge in [-0.15, -0.1) is 0 Å². The van der Waals surface area contributed by atoms with E-state index < -0.39 is 5.60 Å². The molecule has 0 spiro atoms. The van der Waals surface area contributed by atoms with E-state index in [0.717, 1.165) is 4.47 Å². The molecule has 0 aliphatic heterocycles. The van der Waals surface area contributed by atoms with Crippen LogP contribution < -0.4 is 10.1 Å². The Morgan fingerprint density at radius 3 is 2.58 bits per heavy atom. The maximum absolute atomic E-state index is 12.1. The average Bonchev–Trinajstić information content (AvgIpc) is 2.84. The molecule has 0 radical (unpaired) electrons. The van der Waals surface area contributed by atoms with E-state index in [0.29, 0.717) is 11.6 Å². The van der Waals surface area contributed by atoms with E-state index in [9.17, 15) is 4.79 Å². The molecule has 0 aliphatic rings. The predicted octanol–water partition coefficient (Wildman–Crippen LogP) is 3.23. The van der Waals surface area contributed by atoms with E-state index in [1.807, 2.05) is 12.1 Å². The molecular formula is C13H13BrN2O3.